The molecule has 1 aliphatic heterocycles. The van der Waals surface area contributed by atoms with Crippen molar-refractivity contribution in [2.75, 3.05) is 25.5 Å². The van der Waals surface area contributed by atoms with Crippen LogP contribution in [0.2, 0.25) is 10.0 Å². The molecule has 1 heterocycles. The van der Waals surface area contributed by atoms with Gasteiger partial charge in [-0.2, -0.15) is 5.10 Å². The first-order chi connectivity index (χ1) is 14.4. The smallest absolute Gasteiger partial charge is 0.242 e. The van der Waals surface area contributed by atoms with Gasteiger partial charge in [-0.3, -0.25) is 9.69 Å². The predicted octanol–water partition coefficient (Wildman–Crippen LogP) is 5.12. The van der Waals surface area contributed by atoms with Gasteiger partial charge >= 0.3 is 0 Å². The second-order valence-electron chi connectivity index (χ2n) is 6.91. The Morgan fingerprint density at radius 2 is 1.90 bits per heavy atom. The molecule has 0 N–H and O–H groups in total. The van der Waals surface area contributed by atoms with Gasteiger partial charge in [-0.05, 0) is 41.8 Å². The number of carbonyl (C=O) groups is 1. The molecule has 156 valence electrons. The van der Waals surface area contributed by atoms with E-state index in [1.54, 1.807) is 29.3 Å². The molecule has 1 atom stereocenters. The molecule has 1 saturated heterocycles. The molecule has 0 saturated carbocycles. The van der Waals surface area contributed by atoms with E-state index in [0.29, 0.717) is 28.2 Å². The Labute approximate surface area is 191 Å². The summed E-state index contributed by atoms with van der Waals surface area (Å²) < 4.78 is 0. The molecule has 0 bridgehead atoms. The lowest BCUT2D eigenvalue weighted by Gasteiger charge is -2.13. The first-order valence-corrected chi connectivity index (χ1v) is 10.9. The Morgan fingerprint density at radius 3 is 2.53 bits per heavy atom. The van der Waals surface area contributed by atoms with E-state index in [4.69, 9.17) is 23.2 Å². The fourth-order valence-electron chi connectivity index (χ4n) is 2.90. The maximum Gasteiger partial charge on any atom is 0.242 e. The summed E-state index contributed by atoms with van der Waals surface area (Å²) in [5.41, 5.74) is 2.99. The van der Waals surface area contributed by atoms with Crippen molar-refractivity contribution in [3.05, 3.63) is 76.3 Å². The summed E-state index contributed by atoms with van der Waals surface area (Å²) in [7, 11) is 3.98. The predicted molar refractivity (Wildman–Crippen MR) is 129 cm³/mol. The Balaban J connectivity index is 1.74. The number of nitrogens with zero attached hydrogens (tertiary/aromatic N) is 4. The number of benzene rings is 2. The van der Waals surface area contributed by atoms with Gasteiger partial charge in [0, 0.05) is 26.3 Å². The lowest BCUT2D eigenvalue weighted by atomic mass is 10.1. The molecule has 5 nitrogen and oxygen atoms in total. The van der Waals surface area contributed by atoms with Gasteiger partial charge in [-0.15, -0.1) is 11.7 Å². The summed E-state index contributed by atoms with van der Waals surface area (Å²) in [6, 6.07) is 13.4. The van der Waals surface area contributed by atoms with Gasteiger partial charge in [0.1, 0.15) is 0 Å². The Morgan fingerprint density at radius 1 is 1.17 bits per heavy atom. The number of amidine groups is 1. The maximum atomic E-state index is 12.9. The van der Waals surface area contributed by atoms with Crippen molar-refractivity contribution < 1.29 is 4.79 Å². The van der Waals surface area contributed by atoms with Crippen LogP contribution in [-0.2, 0) is 11.2 Å². The molecule has 0 aliphatic carbocycles. The van der Waals surface area contributed by atoms with E-state index in [-0.39, 0.29) is 11.2 Å². The number of amides is 1. The Bertz CT molecular complexity index is 989. The van der Waals surface area contributed by atoms with Gasteiger partial charge < -0.3 is 4.90 Å². The number of hydrogen-bond donors (Lipinski definition) is 0. The highest BCUT2D eigenvalue weighted by molar-refractivity contribution is 8.15. The largest absolute Gasteiger partial charge is 0.378 e. The minimum Gasteiger partial charge on any atom is -0.378 e. The molecule has 2 aromatic rings. The van der Waals surface area contributed by atoms with E-state index < -0.39 is 0 Å². The molecule has 0 unspecified atom stereocenters. The average molecular weight is 461 g/mol. The molecule has 0 spiro atoms. The number of thioether (sulfide) groups is 1. The van der Waals surface area contributed by atoms with Crippen molar-refractivity contribution in [2.45, 2.75) is 11.7 Å². The van der Waals surface area contributed by atoms with E-state index in [9.17, 15) is 4.79 Å². The summed E-state index contributed by atoms with van der Waals surface area (Å²) in [4.78, 5) is 16.5. The molecule has 3 rings (SSSR count). The summed E-state index contributed by atoms with van der Waals surface area (Å²) in [6.45, 7) is 4.13. The average Bonchev–Trinajstić information content (AvgIpc) is 3.00. The normalized spacial score (nSPS) is 17.9. The van der Waals surface area contributed by atoms with Crippen LogP contribution in [0.3, 0.4) is 0 Å². The van der Waals surface area contributed by atoms with Crippen LogP contribution in [0.5, 0.6) is 0 Å². The van der Waals surface area contributed by atoms with Crippen molar-refractivity contribution in [2.24, 2.45) is 10.2 Å². The molecule has 0 radical (unpaired) electrons. The number of hydrogen-bond acceptors (Lipinski definition) is 5. The summed E-state index contributed by atoms with van der Waals surface area (Å²) in [5.74, 6) is -0.0183. The van der Waals surface area contributed by atoms with Gasteiger partial charge in [0.15, 0.2) is 5.17 Å². The Hall–Kier alpha value is -2.28. The monoisotopic (exact) mass is 460 g/mol. The van der Waals surface area contributed by atoms with Crippen LogP contribution in [0, 0.1) is 0 Å². The van der Waals surface area contributed by atoms with Gasteiger partial charge in [0.25, 0.3) is 0 Å². The zero-order valence-corrected chi connectivity index (χ0v) is 19.1. The number of halogens is 2. The van der Waals surface area contributed by atoms with Crippen LogP contribution >= 0.6 is 35.0 Å². The molecule has 1 amide bonds. The molecule has 2 aromatic carbocycles. The molecule has 1 aliphatic rings. The van der Waals surface area contributed by atoms with Crippen LogP contribution in [0.25, 0.3) is 0 Å². The highest BCUT2D eigenvalue weighted by atomic mass is 35.5. The molecular formula is C22H22Cl2N4OS. The molecular weight excluding hydrogens is 439 g/mol. The van der Waals surface area contributed by atoms with Gasteiger partial charge in [0.05, 0.1) is 21.5 Å². The minimum absolute atomic E-state index is 0.0183. The third-order valence-electron chi connectivity index (χ3n) is 4.50. The first-order valence-electron chi connectivity index (χ1n) is 9.30. The Kier molecular flexibility index (Phi) is 7.58. The van der Waals surface area contributed by atoms with Crippen LogP contribution in [0.4, 0.5) is 5.69 Å². The SMILES string of the molecule is C=CCN1C(=O)[C@@H](Cc2ccc(Cl)c(Cl)c2)S/C1=N/N=C\c1ccc(N(C)C)cc1. The lowest BCUT2D eigenvalue weighted by molar-refractivity contribution is -0.125. The maximum absolute atomic E-state index is 12.9. The van der Waals surface area contributed by atoms with Crippen molar-refractivity contribution in [3.8, 4) is 0 Å². The fourth-order valence-corrected chi connectivity index (χ4v) is 4.36. The van der Waals surface area contributed by atoms with E-state index in [2.05, 4.69) is 16.8 Å². The zero-order chi connectivity index (χ0) is 21.7. The molecule has 0 aromatic heterocycles. The highest BCUT2D eigenvalue weighted by Gasteiger charge is 2.37. The lowest BCUT2D eigenvalue weighted by Crippen LogP contribution is -2.32. The third kappa shape index (κ3) is 5.45. The summed E-state index contributed by atoms with van der Waals surface area (Å²) in [6.07, 6.45) is 3.89. The topological polar surface area (TPSA) is 48.3 Å². The molecule has 1 fully saturated rings. The fraction of sp³-hybridized carbons (Fsp3) is 0.227. The molecule has 8 heteroatoms. The van der Waals surface area contributed by atoms with E-state index in [1.165, 1.54) is 11.8 Å². The second kappa shape index (κ2) is 10.2. The second-order valence-corrected chi connectivity index (χ2v) is 8.89. The third-order valence-corrected chi connectivity index (χ3v) is 6.40. The van der Waals surface area contributed by atoms with Crippen LogP contribution in [-0.4, -0.2) is 48.1 Å². The van der Waals surface area contributed by atoms with E-state index in [0.717, 1.165) is 16.8 Å². The van der Waals surface area contributed by atoms with Crippen molar-refractivity contribution in [1.29, 1.82) is 0 Å². The minimum atomic E-state index is -0.296. The van der Waals surface area contributed by atoms with E-state index >= 15 is 0 Å². The number of anilines is 1. The van der Waals surface area contributed by atoms with Gasteiger partial charge in [0.2, 0.25) is 5.91 Å². The van der Waals surface area contributed by atoms with E-state index in [1.807, 2.05) is 49.3 Å². The van der Waals surface area contributed by atoms with Gasteiger partial charge in [-0.1, -0.05) is 59.2 Å². The van der Waals surface area contributed by atoms with Crippen LogP contribution < -0.4 is 4.90 Å². The zero-order valence-electron chi connectivity index (χ0n) is 16.8. The number of rotatable bonds is 7. The van der Waals surface area contributed by atoms with Crippen LogP contribution in [0.15, 0.2) is 65.3 Å². The highest BCUT2D eigenvalue weighted by Crippen LogP contribution is 2.31. The quantitative estimate of drug-likeness (QED) is 0.327. The van der Waals surface area contributed by atoms with Crippen LogP contribution in [0.1, 0.15) is 11.1 Å². The van der Waals surface area contributed by atoms with Crippen molar-refractivity contribution >= 4 is 57.9 Å². The summed E-state index contributed by atoms with van der Waals surface area (Å²) >= 11 is 13.5. The van der Waals surface area contributed by atoms with Gasteiger partial charge in [-0.25, -0.2) is 0 Å². The van der Waals surface area contributed by atoms with Crippen molar-refractivity contribution in [1.82, 2.24) is 4.90 Å². The van der Waals surface area contributed by atoms with Crippen molar-refractivity contribution in [3.63, 3.8) is 0 Å². The molecule has 30 heavy (non-hydrogen) atoms. The standard InChI is InChI=1S/C22H22Cl2N4OS/c1-4-11-28-21(29)20(13-16-7-10-18(23)19(24)12-16)30-22(28)26-25-14-15-5-8-17(9-6-15)27(2)3/h4-10,12,14,20H,1,11,13H2,2-3H3/b25-14-,26-22+/t20-/m1/s1. The first kappa shape index (κ1) is 22.4. The number of carbonyl (C=O) groups excluding carboxylic acids is 1. The summed E-state index contributed by atoms with van der Waals surface area (Å²) in [5, 5.41) is 9.73.